The van der Waals surface area contributed by atoms with Crippen LogP contribution in [0, 0.1) is 58.1 Å². The summed E-state index contributed by atoms with van der Waals surface area (Å²) in [5.41, 5.74) is 39.6. The Labute approximate surface area is 814 Å². The molecular weight excluding hydrogens is 2060 g/mol. The number of nitrogens with two attached hydrogens (primary N) is 7. The van der Waals surface area contributed by atoms with E-state index < -0.39 is 112 Å². The Morgan fingerprint density at radius 3 is 1.29 bits per heavy atom. The summed E-state index contributed by atoms with van der Waals surface area (Å²) in [4.78, 5) is 85.1. The number of nitrogen functional groups attached to an aromatic ring is 5. The van der Waals surface area contributed by atoms with Gasteiger partial charge in [0.1, 0.15) is 37.8 Å². The van der Waals surface area contributed by atoms with Gasteiger partial charge in [-0.15, -0.1) is 0 Å². The number of Topliss-reactive ketones (excluding diaryl/α,β-unsaturated/α-hetero) is 5. The van der Waals surface area contributed by atoms with Crippen LogP contribution in [0.3, 0.4) is 0 Å². The Morgan fingerprint density at radius 1 is 0.521 bits per heavy atom. The van der Waals surface area contributed by atoms with Crippen molar-refractivity contribution in [2.75, 3.05) is 35.2 Å². The zero-order chi connectivity index (χ0) is 105. The number of amides is 2. The number of hydrogen-bond donors (Lipinski definition) is 8. The van der Waals surface area contributed by atoms with E-state index in [4.69, 9.17) is 70.5 Å². The van der Waals surface area contributed by atoms with Gasteiger partial charge in [-0.2, -0.15) is 99.2 Å². The fourth-order valence-corrected chi connectivity index (χ4v) is 13.8. The Balaban J connectivity index is 0.000000227. The number of primary amides is 1. The summed E-state index contributed by atoms with van der Waals surface area (Å²) in [6, 6.07) is 43.0. The van der Waals surface area contributed by atoms with Gasteiger partial charge in [0.05, 0.1) is 149 Å². The number of carbonyl (C=O) groups is 7. The Morgan fingerprint density at radius 2 is 0.914 bits per heavy atom. The smallest absolute Gasteiger partial charge is 0.405 e. The van der Waals surface area contributed by atoms with Crippen molar-refractivity contribution in [2.45, 2.75) is 125 Å². The predicted molar refractivity (Wildman–Crippen MR) is 504 cm³/mol. The number of aryl methyl sites for hydroxylation is 1. The van der Waals surface area contributed by atoms with Crippen LogP contribution in [0.5, 0.6) is 0 Å². The number of nitrogens with one attached hydrogen (secondary N) is 1. The van der Waals surface area contributed by atoms with Crippen LogP contribution < -0.4 is 45.5 Å². The number of aliphatic imine (C=N–C) groups is 1. The number of allylic oxidation sites excluding steroid dienone is 4. The van der Waals surface area contributed by atoms with Crippen molar-refractivity contribution in [3.8, 4) is 52.7 Å². The molecule has 140 heavy (non-hydrogen) atoms. The monoisotopic (exact) mass is 2140 g/mol. The minimum atomic E-state index is -4.73. The number of nitrogens with zero attached hydrogens (tertiary/aromatic N) is 15. The molecule has 49 heteroatoms. The molecule has 2 unspecified atom stereocenters. The van der Waals surface area contributed by atoms with Crippen LogP contribution in [0.15, 0.2) is 190 Å². The summed E-state index contributed by atoms with van der Waals surface area (Å²) in [5.74, 6) is -5.49. The first-order valence-corrected chi connectivity index (χ1v) is 42.6. The number of ketones is 5. The van der Waals surface area contributed by atoms with Crippen LogP contribution in [0.25, 0.3) is 39.6 Å². The average Bonchev–Trinajstić information content (AvgIpc) is 1.64. The SMILES string of the molecule is C=C(B1OC(C)CC(C)(C)O1)C(F)(F)F.C=C(c1c(N)c(C(C)=O)nn1-c1ccc(C#N)cc1)C(F)(F)F.C=C(c1nn(-c2ccc(C#N)cc2)c(C(C)=O)c1N)C(F)(F)F.CC(=O)C1=C(N)C(Br)=NC1.CC(=O)c1c(N)c(Br)nn1-c1ccc(C#N)cc1.CC(=O)c1nn(-c2ccc(C#N)cc2)c(Br)c1N.Cc1ccc(F)cc1C(=O)NCc1ccc(-n2nc(C(C)C(F)(F)F)c(N)c2C(N)=O)cc1. The van der Waals surface area contributed by atoms with Crippen molar-refractivity contribution >= 4 is 140 Å². The van der Waals surface area contributed by atoms with Crippen LogP contribution in [-0.2, 0) is 20.6 Å². The number of carbonyl (C=O) groups excluding carboxylic acids is 7. The summed E-state index contributed by atoms with van der Waals surface area (Å²) >= 11 is 9.63. The lowest BCUT2D eigenvalue weighted by molar-refractivity contribution is -0.147. The van der Waals surface area contributed by atoms with E-state index in [-0.39, 0.29) is 81.1 Å². The maximum Gasteiger partial charge on any atom is 0.498 e. The molecule has 2 aliphatic rings. The molecule has 15 N–H and O–H groups in total. The van der Waals surface area contributed by atoms with E-state index in [0.29, 0.717) is 99.9 Å². The van der Waals surface area contributed by atoms with Crippen molar-refractivity contribution in [3.63, 3.8) is 0 Å². The van der Waals surface area contributed by atoms with Crippen molar-refractivity contribution in [2.24, 2.45) is 16.5 Å². The summed E-state index contributed by atoms with van der Waals surface area (Å²) < 4.78 is 185. The Bertz CT molecular complexity index is 6870. The summed E-state index contributed by atoms with van der Waals surface area (Å²) in [6.45, 7) is 23.9. The second-order valence-corrected chi connectivity index (χ2v) is 33.0. The highest BCUT2D eigenvalue weighted by Gasteiger charge is 2.49. The number of benzene rings is 6. The summed E-state index contributed by atoms with van der Waals surface area (Å²) in [5, 5.41) is 57.5. The van der Waals surface area contributed by atoms with Gasteiger partial charge in [0, 0.05) is 51.5 Å². The fourth-order valence-electron chi connectivity index (χ4n) is 12.7. The van der Waals surface area contributed by atoms with Crippen molar-refractivity contribution in [3.05, 3.63) is 276 Å². The van der Waals surface area contributed by atoms with Gasteiger partial charge >= 0.3 is 31.8 Å². The van der Waals surface area contributed by atoms with E-state index in [0.717, 1.165) is 39.6 Å². The maximum absolute atomic E-state index is 13.4. The molecule has 2 amide bonds. The number of nitriles is 4. The molecule has 7 heterocycles. The third-order valence-corrected chi connectivity index (χ3v) is 21.9. The first-order chi connectivity index (χ1) is 65.0. The minimum Gasteiger partial charge on any atom is -0.405 e. The number of rotatable bonds is 18. The molecule has 2 atom stereocenters. The van der Waals surface area contributed by atoms with E-state index in [9.17, 15) is 90.6 Å². The lowest BCUT2D eigenvalue weighted by atomic mass is 9.74. The highest BCUT2D eigenvalue weighted by Crippen LogP contribution is 2.42. The third-order valence-electron chi connectivity index (χ3n) is 19.9. The van der Waals surface area contributed by atoms with E-state index in [1.807, 2.05) is 24.3 Å². The van der Waals surface area contributed by atoms with Gasteiger partial charge in [-0.3, -0.25) is 38.6 Å². The van der Waals surface area contributed by atoms with Gasteiger partial charge in [0.25, 0.3) is 11.8 Å². The molecule has 1 saturated heterocycles. The molecule has 0 saturated carbocycles. The van der Waals surface area contributed by atoms with Crippen LogP contribution in [0.4, 0.5) is 85.5 Å². The number of halogens is 16. The standard InChI is InChI=1S/C22H21F4N5O2.2C15H11F3N4O.2C12H9BrN4O.C9H14BF3O2.C6H7BrN2O/c1-11-3-6-14(23)9-16(11)21(33)29-10-13-4-7-15(8-5-13)31-19(20(28)32)17(27)18(30-31)12(2)22(24,25)26;1-8(15(16,17)18)14-12(20)13(9(2)23)21-22(14)11-5-3-10(7-19)4-6-11;1-8(15(16,17)18)13-12(20)14(9(2)23)22(21-13)11-5-3-10(7-19)4-6-11;1-7(18)11-10(15)12(13)16-17(11)9-4-2-8(6-14)3-5-9;1-7(18)11-10(15)12(13)17(16-11)9-4-2-8(6-14)3-5-9;1-6-5-8(3,4)15-10(14-6)7(2)9(11,12)13;1-3(10)4-2-9-6(7)5(4)8/h3-9,12H,10,27H2,1-2H3,(H2,28,32)(H,29,33);2*3-6H,1,20H2,2H3;2*2-5H,15H2,1H3;6H,2,5H2,1,3-4H3;2,8H2,1H3. The highest BCUT2D eigenvalue weighted by molar-refractivity contribution is 9.18. The van der Waals surface area contributed by atoms with Crippen molar-refractivity contribution in [1.29, 1.82) is 21.0 Å². The van der Waals surface area contributed by atoms with E-state index in [1.165, 1.54) is 110 Å². The molecule has 0 aliphatic carbocycles. The number of alkyl halides is 12. The van der Waals surface area contributed by atoms with Gasteiger partial charge in [0.15, 0.2) is 50.6 Å². The number of aromatic nitrogens is 10. The number of hydrogen-bond acceptors (Lipinski definition) is 25. The van der Waals surface area contributed by atoms with Gasteiger partial charge in [-0.25, -0.2) is 27.8 Å². The van der Waals surface area contributed by atoms with Gasteiger partial charge < -0.3 is 54.8 Å². The topological polar surface area (TPSA) is 529 Å². The molecule has 0 spiro atoms. The molecule has 5 aromatic heterocycles. The summed E-state index contributed by atoms with van der Waals surface area (Å²) in [7, 11) is -1.39. The maximum atomic E-state index is 13.4. The predicted octanol–water partition coefficient (Wildman–Crippen LogP) is 17.7. The summed E-state index contributed by atoms with van der Waals surface area (Å²) in [6.07, 6.45) is -18.2. The average molecular weight is 2140 g/mol. The molecule has 6 aromatic carbocycles. The normalized spacial score (nSPS) is 13.3. The molecule has 11 aromatic rings. The van der Waals surface area contributed by atoms with Gasteiger partial charge in [0.2, 0.25) is 0 Å². The first kappa shape index (κ1) is 112. The van der Waals surface area contributed by atoms with Crippen molar-refractivity contribution < 1.29 is 99.9 Å². The Kier molecular flexibility index (Phi) is 36.8. The van der Waals surface area contributed by atoms with Crippen molar-refractivity contribution in [1.82, 2.24) is 54.2 Å². The van der Waals surface area contributed by atoms with Crippen LogP contribution in [0.1, 0.15) is 188 Å². The third kappa shape index (κ3) is 27.7. The molecular formula is C91H82BBr3F13N23O9. The second kappa shape index (κ2) is 46.1. The largest absolute Gasteiger partial charge is 0.498 e. The zero-order valence-corrected chi connectivity index (χ0v) is 80.0. The van der Waals surface area contributed by atoms with Crippen LogP contribution in [-0.4, -0.2) is 144 Å². The minimum absolute atomic E-state index is 0.00398. The zero-order valence-electron chi connectivity index (χ0n) is 75.2. The van der Waals surface area contributed by atoms with Crippen LogP contribution in [0.2, 0.25) is 0 Å². The highest BCUT2D eigenvalue weighted by atomic mass is 79.9. The van der Waals surface area contributed by atoms with Gasteiger partial charge in [-0.1, -0.05) is 37.9 Å². The Hall–Kier alpha value is -15.4. The lowest BCUT2D eigenvalue weighted by Crippen LogP contribution is -2.48. The second-order valence-electron chi connectivity index (χ2n) is 30.7. The molecule has 730 valence electrons. The van der Waals surface area contributed by atoms with Crippen LogP contribution >= 0.6 is 47.8 Å². The fraction of sp³-hybridized carbons (Fsp3) is 0.220. The quantitative estimate of drug-likeness (QED) is 0.0225. The molecule has 0 bridgehead atoms. The van der Waals surface area contributed by atoms with E-state index in [2.05, 4.69) is 103 Å². The number of anilines is 5. The first-order valence-electron chi connectivity index (χ1n) is 40.2. The lowest BCUT2D eigenvalue weighted by Gasteiger charge is -2.38. The molecule has 32 nitrogen and oxygen atoms in total. The molecule has 13 rings (SSSR count). The molecule has 1 fully saturated rings. The van der Waals surface area contributed by atoms with E-state index >= 15 is 0 Å². The van der Waals surface area contributed by atoms with Gasteiger partial charge in [-0.05, 0) is 228 Å². The molecule has 2 aliphatic heterocycles. The molecule has 0 radical (unpaired) electrons. The van der Waals surface area contributed by atoms with E-state index in [1.54, 1.807) is 88.4 Å².